The SMILES string of the molecule is Cc1ccc(C(O)C(C)N2CCC(N3CCCC3)C2)cc1. The lowest BCUT2D eigenvalue weighted by Crippen LogP contribution is -2.40. The van der Waals surface area contributed by atoms with Gasteiger partial charge in [-0.05, 0) is 51.8 Å². The fourth-order valence-electron chi connectivity index (χ4n) is 3.78. The lowest BCUT2D eigenvalue weighted by molar-refractivity contribution is 0.0670. The largest absolute Gasteiger partial charge is 0.387 e. The van der Waals surface area contributed by atoms with Crippen molar-refractivity contribution in [3.63, 3.8) is 0 Å². The molecule has 0 aromatic heterocycles. The first-order valence-electron chi connectivity index (χ1n) is 8.38. The first-order valence-corrected chi connectivity index (χ1v) is 8.38. The van der Waals surface area contributed by atoms with E-state index in [-0.39, 0.29) is 12.1 Å². The minimum absolute atomic E-state index is 0.195. The fourth-order valence-corrected chi connectivity index (χ4v) is 3.78. The van der Waals surface area contributed by atoms with Crippen molar-refractivity contribution >= 4 is 0 Å². The summed E-state index contributed by atoms with van der Waals surface area (Å²) in [5.74, 6) is 0. The monoisotopic (exact) mass is 288 g/mol. The van der Waals surface area contributed by atoms with Crippen LogP contribution < -0.4 is 0 Å². The van der Waals surface area contributed by atoms with Crippen LogP contribution in [0.4, 0.5) is 0 Å². The summed E-state index contributed by atoms with van der Waals surface area (Å²) in [6, 6.07) is 9.19. The van der Waals surface area contributed by atoms with Gasteiger partial charge in [-0.1, -0.05) is 29.8 Å². The maximum atomic E-state index is 10.6. The van der Waals surface area contributed by atoms with Crippen molar-refractivity contribution in [1.29, 1.82) is 0 Å². The Morgan fingerprint density at radius 2 is 1.76 bits per heavy atom. The van der Waals surface area contributed by atoms with Crippen LogP contribution in [-0.2, 0) is 0 Å². The number of aliphatic hydroxyl groups is 1. The van der Waals surface area contributed by atoms with Gasteiger partial charge in [-0.15, -0.1) is 0 Å². The normalized spacial score (nSPS) is 27.1. The van der Waals surface area contributed by atoms with Crippen LogP contribution in [0.2, 0.25) is 0 Å². The molecule has 2 heterocycles. The van der Waals surface area contributed by atoms with Crippen molar-refractivity contribution in [2.75, 3.05) is 26.2 Å². The second-order valence-corrected chi connectivity index (χ2v) is 6.78. The molecule has 0 spiro atoms. The fraction of sp³-hybridized carbons (Fsp3) is 0.667. The van der Waals surface area contributed by atoms with Crippen molar-refractivity contribution in [3.8, 4) is 0 Å². The van der Waals surface area contributed by atoms with Gasteiger partial charge in [0.15, 0.2) is 0 Å². The average Bonchev–Trinajstić information content (AvgIpc) is 3.17. The number of rotatable bonds is 4. The lowest BCUT2D eigenvalue weighted by atomic mass is 10.0. The van der Waals surface area contributed by atoms with Crippen LogP contribution in [-0.4, -0.2) is 53.2 Å². The quantitative estimate of drug-likeness (QED) is 0.922. The molecule has 0 bridgehead atoms. The summed E-state index contributed by atoms with van der Waals surface area (Å²) >= 11 is 0. The molecular weight excluding hydrogens is 260 g/mol. The summed E-state index contributed by atoms with van der Waals surface area (Å²) in [6.45, 7) is 9.02. The van der Waals surface area contributed by atoms with Gasteiger partial charge in [0.25, 0.3) is 0 Å². The molecule has 2 aliphatic rings. The van der Waals surface area contributed by atoms with Gasteiger partial charge in [0.2, 0.25) is 0 Å². The predicted molar refractivity (Wildman–Crippen MR) is 86.4 cm³/mol. The minimum Gasteiger partial charge on any atom is -0.387 e. The first-order chi connectivity index (χ1) is 10.1. The number of aryl methyl sites for hydroxylation is 1. The van der Waals surface area contributed by atoms with Gasteiger partial charge >= 0.3 is 0 Å². The zero-order valence-electron chi connectivity index (χ0n) is 13.3. The molecule has 3 nitrogen and oxygen atoms in total. The summed E-state index contributed by atoms with van der Waals surface area (Å²) in [5.41, 5.74) is 2.28. The molecule has 116 valence electrons. The Morgan fingerprint density at radius 3 is 2.43 bits per heavy atom. The number of hydrogen-bond acceptors (Lipinski definition) is 3. The van der Waals surface area contributed by atoms with Crippen molar-refractivity contribution in [2.24, 2.45) is 0 Å². The summed E-state index contributed by atoms with van der Waals surface area (Å²) < 4.78 is 0. The molecule has 1 aromatic carbocycles. The van der Waals surface area contributed by atoms with Crippen molar-refractivity contribution in [1.82, 2.24) is 9.80 Å². The van der Waals surface area contributed by atoms with Crippen LogP contribution >= 0.6 is 0 Å². The van der Waals surface area contributed by atoms with Crippen molar-refractivity contribution < 1.29 is 5.11 Å². The highest BCUT2D eigenvalue weighted by Gasteiger charge is 2.33. The molecule has 0 saturated carbocycles. The molecule has 1 N–H and O–H groups in total. The molecule has 2 fully saturated rings. The van der Waals surface area contributed by atoms with Gasteiger partial charge in [0.1, 0.15) is 0 Å². The summed E-state index contributed by atoms with van der Waals surface area (Å²) in [7, 11) is 0. The third kappa shape index (κ3) is 3.31. The smallest absolute Gasteiger partial charge is 0.0942 e. The molecule has 21 heavy (non-hydrogen) atoms. The Bertz CT molecular complexity index is 453. The molecule has 3 heteroatoms. The highest BCUT2D eigenvalue weighted by Crippen LogP contribution is 2.27. The minimum atomic E-state index is -0.386. The average molecular weight is 288 g/mol. The van der Waals surface area contributed by atoms with Crippen molar-refractivity contribution in [2.45, 2.75) is 51.3 Å². The number of hydrogen-bond donors (Lipinski definition) is 1. The van der Waals surface area contributed by atoms with Crippen LogP contribution in [0.3, 0.4) is 0 Å². The third-order valence-corrected chi connectivity index (χ3v) is 5.30. The van der Waals surface area contributed by atoms with E-state index in [1.54, 1.807) is 0 Å². The Balaban J connectivity index is 1.60. The molecule has 3 atom stereocenters. The Hall–Kier alpha value is -0.900. The first kappa shape index (κ1) is 15.0. The van der Waals surface area contributed by atoms with E-state index in [0.717, 1.165) is 18.7 Å². The predicted octanol–water partition coefficient (Wildman–Crippen LogP) is 2.59. The van der Waals surface area contributed by atoms with Crippen LogP contribution in [0.15, 0.2) is 24.3 Å². The van der Waals surface area contributed by atoms with Crippen LogP contribution in [0.1, 0.15) is 43.4 Å². The Morgan fingerprint density at radius 1 is 1.10 bits per heavy atom. The van der Waals surface area contributed by atoms with E-state index in [4.69, 9.17) is 0 Å². The van der Waals surface area contributed by atoms with Gasteiger partial charge in [-0.25, -0.2) is 0 Å². The van der Waals surface area contributed by atoms with Gasteiger partial charge in [0.05, 0.1) is 6.10 Å². The number of nitrogens with zero attached hydrogens (tertiary/aromatic N) is 2. The van der Waals surface area contributed by atoms with E-state index in [9.17, 15) is 5.11 Å². The molecule has 2 saturated heterocycles. The highest BCUT2D eigenvalue weighted by molar-refractivity contribution is 5.24. The van der Waals surface area contributed by atoms with E-state index < -0.39 is 0 Å². The Labute approximate surface area is 128 Å². The maximum Gasteiger partial charge on any atom is 0.0942 e. The second kappa shape index (κ2) is 6.47. The molecule has 1 aromatic rings. The third-order valence-electron chi connectivity index (χ3n) is 5.30. The molecule has 0 radical (unpaired) electrons. The summed E-state index contributed by atoms with van der Waals surface area (Å²) in [5, 5.41) is 10.6. The van der Waals surface area contributed by atoms with E-state index in [2.05, 4.69) is 47.9 Å². The maximum absolute atomic E-state index is 10.6. The van der Waals surface area contributed by atoms with Crippen molar-refractivity contribution in [3.05, 3.63) is 35.4 Å². The number of benzene rings is 1. The van der Waals surface area contributed by atoms with Gasteiger partial charge in [-0.2, -0.15) is 0 Å². The van der Waals surface area contributed by atoms with Gasteiger partial charge < -0.3 is 5.11 Å². The molecule has 3 unspecified atom stereocenters. The summed E-state index contributed by atoms with van der Waals surface area (Å²) in [4.78, 5) is 5.11. The van der Waals surface area contributed by atoms with E-state index in [0.29, 0.717) is 6.04 Å². The van der Waals surface area contributed by atoms with E-state index in [1.165, 1.54) is 37.9 Å². The molecule has 0 aliphatic carbocycles. The van der Waals surface area contributed by atoms with Crippen LogP contribution in [0, 0.1) is 6.92 Å². The van der Waals surface area contributed by atoms with Gasteiger partial charge in [0, 0.05) is 25.2 Å². The number of likely N-dealkylation sites (tertiary alicyclic amines) is 2. The zero-order valence-corrected chi connectivity index (χ0v) is 13.3. The highest BCUT2D eigenvalue weighted by atomic mass is 16.3. The standard InChI is InChI=1S/C18H28N2O/c1-14-5-7-16(8-6-14)18(21)15(2)20-12-9-17(13-20)19-10-3-4-11-19/h5-8,15,17-18,21H,3-4,9-13H2,1-2H3. The van der Waals surface area contributed by atoms with Crippen LogP contribution in [0.5, 0.6) is 0 Å². The molecule has 2 aliphatic heterocycles. The van der Waals surface area contributed by atoms with Gasteiger partial charge in [-0.3, -0.25) is 9.80 Å². The number of aliphatic hydroxyl groups excluding tert-OH is 1. The molecule has 0 amide bonds. The lowest BCUT2D eigenvalue weighted by Gasteiger charge is -2.30. The van der Waals surface area contributed by atoms with E-state index >= 15 is 0 Å². The zero-order chi connectivity index (χ0) is 14.8. The van der Waals surface area contributed by atoms with E-state index in [1.807, 2.05) is 0 Å². The molecule has 3 rings (SSSR count). The van der Waals surface area contributed by atoms with Crippen LogP contribution in [0.25, 0.3) is 0 Å². The summed E-state index contributed by atoms with van der Waals surface area (Å²) in [6.07, 6.45) is 3.59. The topological polar surface area (TPSA) is 26.7 Å². The Kier molecular flexibility index (Phi) is 4.63. The second-order valence-electron chi connectivity index (χ2n) is 6.78. The molecular formula is C18H28N2O.